The topological polar surface area (TPSA) is 43.0 Å². The van der Waals surface area contributed by atoms with Crippen molar-refractivity contribution in [2.75, 3.05) is 53.6 Å². The summed E-state index contributed by atoms with van der Waals surface area (Å²) < 4.78 is 17.2. The molecular weight excluding hydrogens is 336 g/mol. The van der Waals surface area contributed by atoms with E-state index in [0.29, 0.717) is 13.2 Å². The molecule has 118 valence electrons. The van der Waals surface area contributed by atoms with Gasteiger partial charge in [-0.15, -0.1) is 0 Å². The van der Waals surface area contributed by atoms with Crippen LogP contribution >= 0.6 is 15.9 Å². The largest absolute Gasteiger partial charge is 0.486 e. The van der Waals surface area contributed by atoms with E-state index in [2.05, 4.69) is 39.3 Å². The Hall–Kier alpha value is -0.820. The highest BCUT2D eigenvalue weighted by Gasteiger charge is 2.16. The molecule has 0 aliphatic carbocycles. The van der Waals surface area contributed by atoms with Gasteiger partial charge in [-0.2, -0.15) is 0 Å². The van der Waals surface area contributed by atoms with Gasteiger partial charge in [-0.05, 0) is 40.7 Å². The molecule has 5 nitrogen and oxygen atoms in total. The lowest BCUT2D eigenvalue weighted by atomic mass is 10.2. The predicted molar refractivity (Wildman–Crippen MR) is 86.2 cm³/mol. The number of rotatable bonds is 8. The Kier molecular flexibility index (Phi) is 6.76. The molecule has 2 rings (SSSR count). The van der Waals surface area contributed by atoms with Gasteiger partial charge in [0.2, 0.25) is 0 Å². The minimum absolute atomic E-state index is 0.608. The van der Waals surface area contributed by atoms with E-state index in [1.54, 1.807) is 7.11 Å². The molecule has 1 aromatic carbocycles. The van der Waals surface area contributed by atoms with Gasteiger partial charge in [0.25, 0.3) is 0 Å². The highest BCUT2D eigenvalue weighted by molar-refractivity contribution is 9.10. The first-order chi connectivity index (χ1) is 10.2. The summed E-state index contributed by atoms with van der Waals surface area (Å²) >= 11 is 3.54. The van der Waals surface area contributed by atoms with E-state index in [1.807, 2.05) is 6.07 Å². The first kappa shape index (κ1) is 16.5. The van der Waals surface area contributed by atoms with Crippen molar-refractivity contribution in [3.63, 3.8) is 0 Å². The van der Waals surface area contributed by atoms with Crippen LogP contribution in [0.2, 0.25) is 0 Å². The molecule has 1 heterocycles. The van der Waals surface area contributed by atoms with E-state index < -0.39 is 0 Å². The summed E-state index contributed by atoms with van der Waals surface area (Å²) in [6, 6.07) is 4.12. The summed E-state index contributed by atoms with van der Waals surface area (Å²) in [4.78, 5) is 2.25. The minimum Gasteiger partial charge on any atom is -0.486 e. The molecule has 0 bridgehead atoms. The van der Waals surface area contributed by atoms with E-state index in [1.165, 1.54) is 5.56 Å². The fourth-order valence-corrected chi connectivity index (χ4v) is 2.73. The number of fused-ring (bicyclic) bond motifs is 1. The van der Waals surface area contributed by atoms with Gasteiger partial charge >= 0.3 is 0 Å². The molecule has 0 atom stereocenters. The van der Waals surface area contributed by atoms with E-state index in [-0.39, 0.29) is 0 Å². The second-order valence-corrected chi connectivity index (χ2v) is 5.93. The van der Waals surface area contributed by atoms with Gasteiger partial charge in [-0.1, -0.05) is 0 Å². The second kappa shape index (κ2) is 8.58. The standard InChI is InChI=1S/C15H23BrN2O3/c1-18(5-6-19-2)4-3-17-11-12-9-13(16)15-14(10-12)20-7-8-21-15/h9-10,17H,3-8,11H2,1-2H3. The first-order valence-corrected chi connectivity index (χ1v) is 7.96. The summed E-state index contributed by atoms with van der Waals surface area (Å²) in [6.07, 6.45) is 0. The number of nitrogens with zero attached hydrogens (tertiary/aromatic N) is 1. The molecule has 1 aliphatic heterocycles. The van der Waals surface area contributed by atoms with Gasteiger partial charge in [0.15, 0.2) is 11.5 Å². The van der Waals surface area contributed by atoms with Crippen molar-refractivity contribution in [1.82, 2.24) is 10.2 Å². The Morgan fingerprint density at radius 2 is 2.10 bits per heavy atom. The number of nitrogens with one attached hydrogen (secondary N) is 1. The molecule has 0 saturated carbocycles. The van der Waals surface area contributed by atoms with E-state index in [0.717, 1.165) is 48.8 Å². The Morgan fingerprint density at radius 3 is 2.90 bits per heavy atom. The summed E-state index contributed by atoms with van der Waals surface area (Å²) in [6.45, 7) is 5.69. The maximum atomic E-state index is 5.63. The SMILES string of the molecule is COCCN(C)CCNCc1cc(Br)c2c(c1)OCCO2. The number of halogens is 1. The second-order valence-electron chi connectivity index (χ2n) is 5.07. The minimum atomic E-state index is 0.608. The van der Waals surface area contributed by atoms with Crippen LogP contribution in [0, 0.1) is 0 Å². The van der Waals surface area contributed by atoms with Crippen LogP contribution in [0.15, 0.2) is 16.6 Å². The maximum absolute atomic E-state index is 5.63. The van der Waals surface area contributed by atoms with Crippen LogP contribution in [0.4, 0.5) is 0 Å². The van der Waals surface area contributed by atoms with Crippen LogP contribution in [-0.4, -0.2) is 58.5 Å². The number of hydrogen-bond donors (Lipinski definition) is 1. The molecular formula is C15H23BrN2O3. The van der Waals surface area contributed by atoms with Crippen molar-refractivity contribution in [1.29, 1.82) is 0 Å². The van der Waals surface area contributed by atoms with Gasteiger partial charge in [-0.25, -0.2) is 0 Å². The molecule has 0 fully saturated rings. The fourth-order valence-electron chi connectivity index (χ4n) is 2.13. The lowest BCUT2D eigenvalue weighted by Crippen LogP contribution is -2.31. The van der Waals surface area contributed by atoms with Crippen molar-refractivity contribution in [2.45, 2.75) is 6.54 Å². The third-order valence-electron chi connectivity index (χ3n) is 3.33. The van der Waals surface area contributed by atoms with Crippen molar-refractivity contribution in [2.24, 2.45) is 0 Å². The molecule has 0 amide bonds. The van der Waals surface area contributed by atoms with Crippen molar-refractivity contribution in [3.8, 4) is 11.5 Å². The van der Waals surface area contributed by atoms with E-state index in [9.17, 15) is 0 Å². The molecule has 0 aromatic heterocycles. The molecule has 0 spiro atoms. The average Bonchev–Trinajstić information content (AvgIpc) is 2.49. The summed E-state index contributed by atoms with van der Waals surface area (Å²) in [5.74, 6) is 1.63. The number of ether oxygens (including phenoxy) is 3. The molecule has 1 N–H and O–H groups in total. The monoisotopic (exact) mass is 358 g/mol. The van der Waals surface area contributed by atoms with Gasteiger partial charge in [0.1, 0.15) is 13.2 Å². The number of benzene rings is 1. The summed E-state index contributed by atoms with van der Waals surface area (Å²) in [5.41, 5.74) is 1.19. The van der Waals surface area contributed by atoms with Crippen LogP contribution in [0.1, 0.15) is 5.56 Å². The molecule has 21 heavy (non-hydrogen) atoms. The average molecular weight is 359 g/mol. The van der Waals surface area contributed by atoms with Crippen molar-refractivity contribution in [3.05, 3.63) is 22.2 Å². The lowest BCUT2D eigenvalue weighted by molar-refractivity contribution is 0.161. The predicted octanol–water partition coefficient (Wildman–Crippen LogP) is 1.89. The Balaban J connectivity index is 1.77. The Morgan fingerprint density at radius 1 is 1.29 bits per heavy atom. The first-order valence-electron chi connectivity index (χ1n) is 7.17. The van der Waals surface area contributed by atoms with E-state index >= 15 is 0 Å². The summed E-state index contributed by atoms with van der Waals surface area (Å²) in [7, 11) is 3.83. The molecule has 0 radical (unpaired) electrons. The molecule has 0 saturated heterocycles. The summed E-state index contributed by atoms with van der Waals surface area (Å²) in [5, 5.41) is 3.44. The highest BCUT2D eigenvalue weighted by atomic mass is 79.9. The zero-order valence-corrected chi connectivity index (χ0v) is 14.2. The van der Waals surface area contributed by atoms with Crippen LogP contribution in [0.25, 0.3) is 0 Å². The van der Waals surface area contributed by atoms with Crippen molar-refractivity contribution >= 4 is 15.9 Å². The van der Waals surface area contributed by atoms with Gasteiger partial charge in [-0.3, -0.25) is 0 Å². The number of methoxy groups -OCH3 is 1. The molecule has 0 unspecified atom stereocenters. The Labute approximate surface area is 134 Å². The van der Waals surface area contributed by atoms with Crippen molar-refractivity contribution < 1.29 is 14.2 Å². The number of likely N-dealkylation sites (N-methyl/N-ethyl adjacent to an activating group) is 1. The van der Waals surface area contributed by atoms with Crippen LogP contribution in [0.5, 0.6) is 11.5 Å². The molecule has 6 heteroatoms. The maximum Gasteiger partial charge on any atom is 0.175 e. The van der Waals surface area contributed by atoms with Gasteiger partial charge in [0, 0.05) is 33.3 Å². The smallest absolute Gasteiger partial charge is 0.175 e. The zero-order chi connectivity index (χ0) is 15.1. The van der Waals surface area contributed by atoms with Gasteiger partial charge in [0.05, 0.1) is 11.1 Å². The molecule has 1 aromatic rings. The normalized spacial score (nSPS) is 13.7. The highest BCUT2D eigenvalue weighted by Crippen LogP contribution is 2.38. The van der Waals surface area contributed by atoms with Crippen LogP contribution in [0.3, 0.4) is 0 Å². The third kappa shape index (κ3) is 5.14. The Bertz CT molecular complexity index is 457. The van der Waals surface area contributed by atoms with Crippen LogP contribution in [-0.2, 0) is 11.3 Å². The quantitative estimate of drug-likeness (QED) is 0.718. The molecule has 1 aliphatic rings. The lowest BCUT2D eigenvalue weighted by Gasteiger charge is -2.21. The fraction of sp³-hybridized carbons (Fsp3) is 0.600. The van der Waals surface area contributed by atoms with Crippen LogP contribution < -0.4 is 14.8 Å². The zero-order valence-electron chi connectivity index (χ0n) is 12.7. The van der Waals surface area contributed by atoms with E-state index in [4.69, 9.17) is 14.2 Å². The number of hydrogen-bond acceptors (Lipinski definition) is 5. The van der Waals surface area contributed by atoms with Gasteiger partial charge < -0.3 is 24.4 Å². The third-order valence-corrected chi connectivity index (χ3v) is 3.92.